The molecule has 0 heterocycles. The van der Waals surface area contributed by atoms with Gasteiger partial charge >= 0.3 is 5.97 Å². The first-order valence-electron chi connectivity index (χ1n) is 7.60. The Morgan fingerprint density at radius 1 is 1.12 bits per heavy atom. The van der Waals surface area contributed by atoms with E-state index in [1.165, 1.54) is 31.2 Å². The number of benzene rings is 2. The number of hydrogen-bond acceptors (Lipinski definition) is 6. The van der Waals surface area contributed by atoms with Gasteiger partial charge in [0.25, 0.3) is 5.69 Å². The average Bonchev–Trinajstić information content (AvgIpc) is 2.60. The van der Waals surface area contributed by atoms with Crippen LogP contribution in [0.3, 0.4) is 0 Å². The van der Waals surface area contributed by atoms with Gasteiger partial charge in [-0.25, -0.2) is 4.79 Å². The van der Waals surface area contributed by atoms with Crippen LogP contribution in [0.4, 0.5) is 5.69 Å². The number of carbonyl (C=O) groups is 2. The molecule has 0 N–H and O–H groups in total. The van der Waals surface area contributed by atoms with E-state index in [0.29, 0.717) is 11.3 Å². The van der Waals surface area contributed by atoms with Gasteiger partial charge in [0.1, 0.15) is 12.4 Å². The first kappa shape index (κ1) is 18.1. The molecule has 0 aliphatic carbocycles. The summed E-state index contributed by atoms with van der Waals surface area (Å²) < 4.78 is 10.5. The minimum Gasteiger partial charge on any atom is -0.489 e. The zero-order valence-corrected chi connectivity index (χ0v) is 13.9. The number of ketones is 1. The van der Waals surface area contributed by atoms with Crippen LogP contribution in [0.5, 0.6) is 5.75 Å². The predicted molar refractivity (Wildman–Crippen MR) is 89.8 cm³/mol. The molecular formula is C18H17NO6. The average molecular weight is 343 g/mol. The summed E-state index contributed by atoms with van der Waals surface area (Å²) in [6, 6.07) is 10.6. The van der Waals surface area contributed by atoms with Gasteiger partial charge in [0, 0.05) is 17.7 Å². The van der Waals surface area contributed by atoms with Gasteiger partial charge in [-0.05, 0) is 37.6 Å². The monoisotopic (exact) mass is 343 g/mol. The molecular weight excluding hydrogens is 326 g/mol. The summed E-state index contributed by atoms with van der Waals surface area (Å²) >= 11 is 0. The molecule has 0 fully saturated rings. The SMILES string of the molecule is CCOC(=O)c1cc(OCc2cccc([N+](=O)[O-])c2)ccc1C(C)=O. The molecule has 0 aromatic heterocycles. The van der Waals surface area contributed by atoms with Crippen molar-refractivity contribution in [2.45, 2.75) is 20.5 Å². The number of Topliss-reactive ketones (excluding diaryl/α,β-unsaturated/α-hetero) is 1. The maximum Gasteiger partial charge on any atom is 0.338 e. The molecule has 0 spiro atoms. The second-order valence-corrected chi connectivity index (χ2v) is 5.20. The van der Waals surface area contributed by atoms with Crippen LogP contribution in [0.25, 0.3) is 0 Å². The van der Waals surface area contributed by atoms with Gasteiger partial charge in [-0.1, -0.05) is 12.1 Å². The Labute approximate surface area is 144 Å². The van der Waals surface area contributed by atoms with E-state index >= 15 is 0 Å². The van der Waals surface area contributed by atoms with E-state index in [-0.39, 0.29) is 35.8 Å². The van der Waals surface area contributed by atoms with Gasteiger partial charge in [0.05, 0.1) is 17.1 Å². The Morgan fingerprint density at radius 3 is 2.52 bits per heavy atom. The molecule has 7 heteroatoms. The number of nitro benzene ring substituents is 1. The number of ether oxygens (including phenoxy) is 2. The maximum atomic E-state index is 12.0. The van der Waals surface area contributed by atoms with Crippen molar-refractivity contribution in [3.63, 3.8) is 0 Å². The zero-order chi connectivity index (χ0) is 18.4. The summed E-state index contributed by atoms with van der Waals surface area (Å²) in [5, 5.41) is 10.8. The Bertz CT molecular complexity index is 815. The minimum atomic E-state index is -0.603. The third-order valence-electron chi connectivity index (χ3n) is 3.39. The molecule has 0 bridgehead atoms. The van der Waals surface area contributed by atoms with Gasteiger partial charge in [0.2, 0.25) is 0 Å². The number of rotatable bonds is 7. The Balaban J connectivity index is 2.21. The molecule has 2 rings (SSSR count). The van der Waals surface area contributed by atoms with E-state index in [2.05, 4.69) is 0 Å². The van der Waals surface area contributed by atoms with E-state index in [1.807, 2.05) is 0 Å². The largest absolute Gasteiger partial charge is 0.489 e. The topological polar surface area (TPSA) is 95.7 Å². The fourth-order valence-corrected chi connectivity index (χ4v) is 2.22. The number of esters is 1. The second-order valence-electron chi connectivity index (χ2n) is 5.20. The summed E-state index contributed by atoms with van der Waals surface area (Å²) in [7, 11) is 0. The van der Waals surface area contributed by atoms with Crippen molar-refractivity contribution in [1.82, 2.24) is 0 Å². The van der Waals surface area contributed by atoms with Crippen molar-refractivity contribution >= 4 is 17.4 Å². The summed E-state index contributed by atoms with van der Waals surface area (Å²) in [6.45, 7) is 3.31. The highest BCUT2D eigenvalue weighted by Crippen LogP contribution is 2.21. The lowest BCUT2D eigenvalue weighted by atomic mass is 10.0. The standard InChI is InChI=1S/C18H17NO6/c1-3-24-18(21)17-10-15(7-8-16(17)12(2)20)25-11-13-5-4-6-14(9-13)19(22)23/h4-10H,3,11H2,1-2H3. The summed E-state index contributed by atoms with van der Waals surface area (Å²) in [6.07, 6.45) is 0. The Kier molecular flexibility index (Phi) is 5.84. The minimum absolute atomic E-state index is 0.0276. The van der Waals surface area contributed by atoms with Crippen molar-refractivity contribution in [2.75, 3.05) is 6.61 Å². The fraction of sp³-hybridized carbons (Fsp3) is 0.222. The molecule has 0 aliphatic heterocycles. The fourth-order valence-electron chi connectivity index (χ4n) is 2.22. The van der Waals surface area contributed by atoms with E-state index in [0.717, 1.165) is 0 Å². The van der Waals surface area contributed by atoms with Crippen LogP contribution in [0.1, 0.15) is 40.1 Å². The first-order valence-corrected chi connectivity index (χ1v) is 7.60. The lowest BCUT2D eigenvalue weighted by Gasteiger charge is -2.11. The van der Waals surface area contributed by atoms with Crippen molar-refractivity contribution in [3.8, 4) is 5.75 Å². The summed E-state index contributed by atoms with van der Waals surface area (Å²) in [4.78, 5) is 34.0. The lowest BCUT2D eigenvalue weighted by molar-refractivity contribution is -0.384. The van der Waals surface area contributed by atoms with Crippen LogP contribution in [0.15, 0.2) is 42.5 Å². The van der Waals surface area contributed by atoms with Gasteiger partial charge < -0.3 is 9.47 Å². The quantitative estimate of drug-likeness (QED) is 0.330. The van der Waals surface area contributed by atoms with Gasteiger partial charge in [-0.2, -0.15) is 0 Å². The molecule has 0 atom stereocenters. The van der Waals surface area contributed by atoms with Crippen molar-refractivity contribution in [3.05, 3.63) is 69.3 Å². The highest BCUT2D eigenvalue weighted by atomic mass is 16.6. The molecule has 2 aromatic carbocycles. The number of non-ortho nitro benzene ring substituents is 1. The smallest absolute Gasteiger partial charge is 0.338 e. The van der Waals surface area contributed by atoms with Crippen LogP contribution in [0.2, 0.25) is 0 Å². The van der Waals surface area contributed by atoms with Crippen LogP contribution >= 0.6 is 0 Å². The second kappa shape index (κ2) is 8.05. The zero-order valence-electron chi connectivity index (χ0n) is 13.9. The molecule has 7 nitrogen and oxygen atoms in total. The number of carbonyl (C=O) groups excluding carboxylic acids is 2. The highest BCUT2D eigenvalue weighted by molar-refractivity contribution is 6.05. The molecule has 0 amide bonds. The lowest BCUT2D eigenvalue weighted by Crippen LogP contribution is -2.11. The molecule has 0 radical (unpaired) electrons. The van der Waals surface area contributed by atoms with Crippen LogP contribution < -0.4 is 4.74 Å². The molecule has 130 valence electrons. The summed E-state index contributed by atoms with van der Waals surface area (Å²) in [5.41, 5.74) is 0.967. The molecule has 0 aliphatic rings. The summed E-state index contributed by atoms with van der Waals surface area (Å²) in [5.74, 6) is -0.499. The first-order chi connectivity index (χ1) is 11.9. The Morgan fingerprint density at radius 2 is 1.88 bits per heavy atom. The van der Waals surface area contributed by atoms with Gasteiger partial charge in [0.15, 0.2) is 5.78 Å². The molecule has 2 aromatic rings. The molecule has 0 saturated heterocycles. The van der Waals surface area contributed by atoms with E-state index in [9.17, 15) is 19.7 Å². The predicted octanol–water partition coefficient (Wildman–Crippen LogP) is 3.55. The normalized spacial score (nSPS) is 10.2. The third-order valence-corrected chi connectivity index (χ3v) is 3.39. The van der Waals surface area contributed by atoms with Crippen molar-refractivity contribution < 1.29 is 24.0 Å². The van der Waals surface area contributed by atoms with Crippen molar-refractivity contribution in [1.29, 1.82) is 0 Å². The van der Waals surface area contributed by atoms with E-state index in [1.54, 1.807) is 25.1 Å². The van der Waals surface area contributed by atoms with E-state index in [4.69, 9.17) is 9.47 Å². The third kappa shape index (κ3) is 4.63. The van der Waals surface area contributed by atoms with Crippen LogP contribution in [-0.2, 0) is 11.3 Å². The number of nitro groups is 1. The highest BCUT2D eigenvalue weighted by Gasteiger charge is 2.17. The van der Waals surface area contributed by atoms with E-state index < -0.39 is 10.9 Å². The molecule has 0 unspecified atom stereocenters. The Hall–Kier alpha value is -3.22. The van der Waals surface area contributed by atoms with Gasteiger partial charge in [-0.3, -0.25) is 14.9 Å². The van der Waals surface area contributed by atoms with Crippen LogP contribution in [-0.4, -0.2) is 23.3 Å². The molecule has 0 saturated carbocycles. The number of hydrogen-bond donors (Lipinski definition) is 0. The van der Waals surface area contributed by atoms with Gasteiger partial charge in [-0.15, -0.1) is 0 Å². The van der Waals surface area contributed by atoms with Crippen LogP contribution in [0, 0.1) is 10.1 Å². The maximum absolute atomic E-state index is 12.0. The molecule has 25 heavy (non-hydrogen) atoms. The number of nitrogens with zero attached hydrogens (tertiary/aromatic N) is 1. The van der Waals surface area contributed by atoms with Crippen molar-refractivity contribution in [2.24, 2.45) is 0 Å².